The molecule has 0 heterocycles. The Morgan fingerprint density at radius 3 is 2.50 bits per heavy atom. The SMILES string of the molecule is [CH2]OC(=O)Nc1ccc(N)cc1. The Balaban J connectivity index is 2.64. The first-order valence-electron chi connectivity index (χ1n) is 3.31. The van der Waals surface area contributed by atoms with E-state index in [0.29, 0.717) is 11.4 Å². The molecule has 0 aliphatic heterocycles. The summed E-state index contributed by atoms with van der Waals surface area (Å²) in [6.07, 6.45) is -0.597. The van der Waals surface area contributed by atoms with Gasteiger partial charge in [0.15, 0.2) is 0 Å². The van der Waals surface area contributed by atoms with Crippen molar-refractivity contribution in [2.75, 3.05) is 11.1 Å². The highest BCUT2D eigenvalue weighted by Crippen LogP contribution is 2.10. The number of rotatable bonds is 1. The molecule has 0 aliphatic rings. The van der Waals surface area contributed by atoms with Gasteiger partial charge in [0.25, 0.3) is 0 Å². The van der Waals surface area contributed by atoms with Gasteiger partial charge in [-0.2, -0.15) is 0 Å². The Labute approximate surface area is 70.3 Å². The van der Waals surface area contributed by atoms with Crippen molar-refractivity contribution in [3.05, 3.63) is 31.4 Å². The molecular weight excluding hydrogens is 156 g/mol. The van der Waals surface area contributed by atoms with Crippen LogP contribution in [-0.4, -0.2) is 6.09 Å². The summed E-state index contributed by atoms with van der Waals surface area (Å²) in [6, 6.07) is 6.70. The number of ether oxygens (including phenoxy) is 1. The molecule has 1 amide bonds. The van der Waals surface area contributed by atoms with E-state index in [1.54, 1.807) is 24.3 Å². The third-order valence-electron chi connectivity index (χ3n) is 1.29. The zero-order valence-electron chi connectivity index (χ0n) is 6.41. The van der Waals surface area contributed by atoms with Crippen molar-refractivity contribution in [2.24, 2.45) is 0 Å². The Kier molecular flexibility index (Phi) is 2.53. The number of nitrogens with two attached hydrogens (primary N) is 1. The van der Waals surface area contributed by atoms with Crippen molar-refractivity contribution in [3.63, 3.8) is 0 Å². The molecule has 1 radical (unpaired) electrons. The standard InChI is InChI=1S/C8H9N2O2/c1-12-8(11)10-7-4-2-6(9)3-5-7/h2-5H,1,9H2,(H,10,11). The highest BCUT2D eigenvalue weighted by Gasteiger charge is 1.98. The van der Waals surface area contributed by atoms with E-state index in [1.165, 1.54) is 0 Å². The molecule has 4 heteroatoms. The summed E-state index contributed by atoms with van der Waals surface area (Å²) < 4.78 is 4.15. The number of nitrogen functional groups attached to an aromatic ring is 1. The number of hydrogen-bond donors (Lipinski definition) is 2. The summed E-state index contributed by atoms with van der Waals surface area (Å²) in [5.41, 5.74) is 6.70. The van der Waals surface area contributed by atoms with Gasteiger partial charge in [-0.1, -0.05) is 0 Å². The zero-order chi connectivity index (χ0) is 8.97. The van der Waals surface area contributed by atoms with Gasteiger partial charge >= 0.3 is 6.09 Å². The fourth-order valence-corrected chi connectivity index (χ4v) is 0.720. The number of nitrogens with one attached hydrogen (secondary N) is 1. The van der Waals surface area contributed by atoms with E-state index in [2.05, 4.69) is 17.2 Å². The molecule has 0 bridgehead atoms. The van der Waals surface area contributed by atoms with Crippen molar-refractivity contribution in [1.29, 1.82) is 0 Å². The van der Waals surface area contributed by atoms with Gasteiger partial charge < -0.3 is 10.5 Å². The lowest BCUT2D eigenvalue weighted by atomic mass is 10.3. The minimum absolute atomic E-state index is 0.597. The summed E-state index contributed by atoms with van der Waals surface area (Å²) >= 11 is 0. The molecule has 1 rings (SSSR count). The van der Waals surface area contributed by atoms with E-state index < -0.39 is 6.09 Å². The van der Waals surface area contributed by atoms with Gasteiger partial charge in [-0.25, -0.2) is 4.79 Å². The maximum absolute atomic E-state index is 10.6. The first-order chi connectivity index (χ1) is 5.72. The fraction of sp³-hybridized carbons (Fsp3) is 0. The van der Waals surface area contributed by atoms with Crippen LogP contribution in [0.2, 0.25) is 0 Å². The maximum atomic E-state index is 10.6. The van der Waals surface area contributed by atoms with Crippen molar-refractivity contribution in [2.45, 2.75) is 0 Å². The number of carbonyl (C=O) groups is 1. The van der Waals surface area contributed by atoms with Crippen molar-refractivity contribution >= 4 is 17.5 Å². The predicted molar refractivity (Wildman–Crippen MR) is 46.3 cm³/mol. The molecule has 0 spiro atoms. The van der Waals surface area contributed by atoms with Crippen LogP contribution in [0.15, 0.2) is 24.3 Å². The molecule has 12 heavy (non-hydrogen) atoms. The molecule has 3 N–H and O–H groups in total. The van der Waals surface area contributed by atoms with E-state index in [4.69, 9.17) is 5.73 Å². The van der Waals surface area contributed by atoms with E-state index >= 15 is 0 Å². The molecular formula is C8H9N2O2. The third-order valence-corrected chi connectivity index (χ3v) is 1.29. The van der Waals surface area contributed by atoms with Crippen molar-refractivity contribution in [3.8, 4) is 0 Å². The van der Waals surface area contributed by atoms with Gasteiger partial charge in [0.05, 0.1) is 0 Å². The second kappa shape index (κ2) is 3.61. The van der Waals surface area contributed by atoms with Crippen LogP contribution >= 0.6 is 0 Å². The Bertz CT molecular complexity index is 269. The quantitative estimate of drug-likeness (QED) is 0.621. The second-order valence-corrected chi connectivity index (χ2v) is 2.18. The Morgan fingerprint density at radius 2 is 2.00 bits per heavy atom. The van der Waals surface area contributed by atoms with Crippen molar-refractivity contribution < 1.29 is 9.53 Å². The van der Waals surface area contributed by atoms with Gasteiger partial charge in [-0.3, -0.25) is 5.32 Å². The molecule has 0 aromatic heterocycles. The van der Waals surface area contributed by atoms with Gasteiger partial charge in [-0.15, -0.1) is 0 Å². The Morgan fingerprint density at radius 1 is 1.42 bits per heavy atom. The highest BCUT2D eigenvalue weighted by molar-refractivity contribution is 5.84. The largest absolute Gasteiger partial charge is 0.446 e. The molecule has 0 atom stereocenters. The van der Waals surface area contributed by atoms with E-state index in [-0.39, 0.29) is 0 Å². The normalized spacial score (nSPS) is 9.08. The van der Waals surface area contributed by atoms with Crippen LogP contribution in [-0.2, 0) is 4.74 Å². The first-order valence-corrected chi connectivity index (χ1v) is 3.31. The second-order valence-electron chi connectivity index (χ2n) is 2.18. The number of benzene rings is 1. The van der Waals surface area contributed by atoms with E-state index in [1.807, 2.05) is 0 Å². The average Bonchev–Trinajstić information content (AvgIpc) is 2.09. The fourth-order valence-electron chi connectivity index (χ4n) is 0.720. The molecule has 0 aliphatic carbocycles. The minimum atomic E-state index is -0.597. The maximum Gasteiger partial charge on any atom is 0.411 e. The number of amides is 1. The monoisotopic (exact) mass is 165 g/mol. The topological polar surface area (TPSA) is 64.3 Å². The summed E-state index contributed by atoms with van der Waals surface area (Å²) in [6.45, 7) is 0. The summed E-state index contributed by atoms with van der Waals surface area (Å²) in [5.74, 6) is 0. The van der Waals surface area contributed by atoms with Gasteiger partial charge in [0, 0.05) is 11.4 Å². The van der Waals surface area contributed by atoms with E-state index in [0.717, 1.165) is 0 Å². The molecule has 0 saturated heterocycles. The number of hydrogen-bond acceptors (Lipinski definition) is 3. The van der Waals surface area contributed by atoms with Crippen LogP contribution in [0.3, 0.4) is 0 Å². The number of carbonyl (C=O) groups excluding carboxylic acids is 1. The molecule has 63 valence electrons. The minimum Gasteiger partial charge on any atom is -0.446 e. The van der Waals surface area contributed by atoms with Crippen LogP contribution in [0.1, 0.15) is 0 Å². The lowest BCUT2D eigenvalue weighted by molar-refractivity contribution is 0.199. The predicted octanol–water partition coefficient (Wildman–Crippen LogP) is 1.61. The molecule has 4 nitrogen and oxygen atoms in total. The Hall–Kier alpha value is -1.71. The van der Waals surface area contributed by atoms with Gasteiger partial charge in [0.2, 0.25) is 0 Å². The lowest BCUT2D eigenvalue weighted by Gasteiger charge is -2.02. The first kappa shape index (κ1) is 8.39. The summed E-state index contributed by atoms with van der Waals surface area (Å²) in [7, 11) is 2.96. The van der Waals surface area contributed by atoms with E-state index in [9.17, 15) is 4.79 Å². The van der Waals surface area contributed by atoms with Crippen LogP contribution in [0.4, 0.5) is 16.2 Å². The lowest BCUT2D eigenvalue weighted by Crippen LogP contribution is -2.09. The van der Waals surface area contributed by atoms with Crippen LogP contribution in [0.5, 0.6) is 0 Å². The smallest absolute Gasteiger partial charge is 0.411 e. The van der Waals surface area contributed by atoms with Gasteiger partial charge in [0.1, 0.15) is 7.11 Å². The van der Waals surface area contributed by atoms with Crippen LogP contribution in [0.25, 0.3) is 0 Å². The van der Waals surface area contributed by atoms with Crippen molar-refractivity contribution in [1.82, 2.24) is 0 Å². The third kappa shape index (κ3) is 2.16. The molecule has 0 saturated carbocycles. The molecule has 1 aromatic carbocycles. The number of anilines is 2. The zero-order valence-corrected chi connectivity index (χ0v) is 6.41. The molecule has 1 aromatic rings. The van der Waals surface area contributed by atoms with Crippen LogP contribution < -0.4 is 11.1 Å². The highest BCUT2D eigenvalue weighted by atomic mass is 16.5. The molecule has 0 fully saturated rings. The average molecular weight is 165 g/mol. The van der Waals surface area contributed by atoms with Gasteiger partial charge in [-0.05, 0) is 24.3 Å². The summed E-state index contributed by atoms with van der Waals surface area (Å²) in [5, 5.41) is 2.44. The molecule has 0 unspecified atom stereocenters. The van der Waals surface area contributed by atoms with Crippen LogP contribution in [0, 0.1) is 7.11 Å². The summed E-state index contributed by atoms with van der Waals surface area (Å²) in [4.78, 5) is 10.6.